The number of ether oxygens (including phenoxy) is 1. The van der Waals surface area contributed by atoms with Crippen molar-refractivity contribution in [2.75, 3.05) is 39.4 Å². The monoisotopic (exact) mass is 481 g/mol. The number of carbonyl (C=O) groups is 1. The summed E-state index contributed by atoms with van der Waals surface area (Å²) in [6.07, 6.45) is 3.45. The van der Waals surface area contributed by atoms with E-state index in [0.717, 1.165) is 12.1 Å². The van der Waals surface area contributed by atoms with Crippen LogP contribution in [0.4, 0.5) is 8.78 Å². The fraction of sp³-hybridized carbons (Fsp3) is 0.455. The highest BCUT2D eigenvalue weighted by molar-refractivity contribution is 7.89. The van der Waals surface area contributed by atoms with Gasteiger partial charge in [-0.3, -0.25) is 4.79 Å². The molecular weight excluding hydrogens is 456 g/mol. The highest BCUT2D eigenvalue weighted by Gasteiger charge is 2.37. The molecule has 11 heteroatoms. The number of sulfonamides is 1. The van der Waals surface area contributed by atoms with Crippen LogP contribution in [0.3, 0.4) is 0 Å². The summed E-state index contributed by atoms with van der Waals surface area (Å²) in [7, 11) is -3.95. The predicted molar refractivity (Wildman–Crippen MR) is 115 cm³/mol. The lowest BCUT2D eigenvalue weighted by molar-refractivity contribution is -0.140. The number of nitrogens with zero attached hydrogens (tertiary/aromatic N) is 3. The maximum atomic E-state index is 13.9. The number of aromatic nitrogens is 1. The molecule has 2 aliphatic rings. The van der Waals surface area contributed by atoms with Gasteiger partial charge >= 0.3 is 0 Å². The highest BCUT2D eigenvalue weighted by Crippen LogP contribution is 2.30. The van der Waals surface area contributed by atoms with Gasteiger partial charge in [0.1, 0.15) is 17.3 Å². The third kappa shape index (κ3) is 4.99. The quantitative estimate of drug-likeness (QED) is 0.652. The molecule has 8 nitrogen and oxygen atoms in total. The van der Waals surface area contributed by atoms with Gasteiger partial charge in [0.15, 0.2) is 10.7 Å². The van der Waals surface area contributed by atoms with Gasteiger partial charge in [0, 0.05) is 43.7 Å². The molecule has 0 unspecified atom stereocenters. The third-order valence-corrected chi connectivity index (χ3v) is 7.99. The Hall–Kier alpha value is -2.63. The lowest BCUT2D eigenvalue weighted by Crippen LogP contribution is -2.47. The van der Waals surface area contributed by atoms with Crippen LogP contribution in [0.15, 0.2) is 27.6 Å². The molecule has 2 fully saturated rings. The van der Waals surface area contributed by atoms with Crippen molar-refractivity contribution in [1.29, 1.82) is 0 Å². The third-order valence-electron chi connectivity index (χ3n) is 5.93. The molecule has 1 aromatic carbocycles. The van der Waals surface area contributed by atoms with Crippen LogP contribution in [-0.2, 0) is 19.6 Å². The van der Waals surface area contributed by atoms with Gasteiger partial charge in [-0.05, 0) is 44.1 Å². The first kappa shape index (κ1) is 23.5. The standard InChI is InChI=1S/C22H25F2N3O5S/c1-15-21(20(32-25-15)5-3-16-2-4-18(23)14-19(16)24)33(29,30)27-8-6-17(7-9-27)22(28)26-10-12-31-13-11-26/h2-5,14,17H,6-13H2,1H3. The summed E-state index contributed by atoms with van der Waals surface area (Å²) < 4.78 is 65.5. The number of aryl methyl sites for hydroxylation is 1. The van der Waals surface area contributed by atoms with Crippen molar-refractivity contribution in [1.82, 2.24) is 14.4 Å². The summed E-state index contributed by atoms with van der Waals surface area (Å²) in [5, 5.41) is 3.77. The van der Waals surface area contributed by atoms with Crippen molar-refractivity contribution < 1.29 is 31.3 Å². The normalized spacial score (nSPS) is 18.8. The van der Waals surface area contributed by atoms with Crippen molar-refractivity contribution >= 4 is 28.1 Å². The molecular formula is C22H25F2N3O5S. The van der Waals surface area contributed by atoms with Gasteiger partial charge in [0.2, 0.25) is 15.9 Å². The Bertz CT molecular complexity index is 1150. The van der Waals surface area contributed by atoms with Gasteiger partial charge in [-0.15, -0.1) is 0 Å². The van der Waals surface area contributed by atoms with Crippen LogP contribution < -0.4 is 0 Å². The molecule has 2 aliphatic heterocycles. The number of morpholine rings is 1. The molecule has 0 atom stereocenters. The first-order valence-electron chi connectivity index (χ1n) is 10.7. The Labute approximate surface area is 190 Å². The summed E-state index contributed by atoms with van der Waals surface area (Å²) in [5.74, 6) is -1.71. The lowest BCUT2D eigenvalue weighted by atomic mass is 9.96. The molecule has 3 heterocycles. The van der Waals surface area contributed by atoms with Crippen LogP contribution in [0.1, 0.15) is 29.9 Å². The fourth-order valence-corrected chi connectivity index (χ4v) is 5.83. The first-order chi connectivity index (χ1) is 15.8. The molecule has 0 N–H and O–H groups in total. The van der Waals surface area contributed by atoms with Crippen molar-refractivity contribution in [2.24, 2.45) is 5.92 Å². The van der Waals surface area contributed by atoms with E-state index in [9.17, 15) is 22.0 Å². The summed E-state index contributed by atoms with van der Waals surface area (Å²) in [6.45, 7) is 4.06. The maximum Gasteiger partial charge on any atom is 0.248 e. The van der Waals surface area contributed by atoms with Crippen molar-refractivity contribution in [3.8, 4) is 0 Å². The highest BCUT2D eigenvalue weighted by atomic mass is 32.2. The molecule has 4 rings (SSSR count). The average Bonchev–Trinajstić information content (AvgIpc) is 3.19. The van der Waals surface area contributed by atoms with Crippen LogP contribution in [0, 0.1) is 24.5 Å². The molecule has 2 aromatic rings. The lowest BCUT2D eigenvalue weighted by Gasteiger charge is -2.35. The van der Waals surface area contributed by atoms with E-state index in [1.165, 1.54) is 29.4 Å². The molecule has 33 heavy (non-hydrogen) atoms. The molecule has 2 saturated heterocycles. The minimum atomic E-state index is -3.95. The smallest absolute Gasteiger partial charge is 0.248 e. The van der Waals surface area contributed by atoms with Crippen LogP contribution >= 0.6 is 0 Å². The van der Waals surface area contributed by atoms with E-state index in [1.54, 1.807) is 4.90 Å². The van der Waals surface area contributed by atoms with Gasteiger partial charge in [-0.1, -0.05) is 5.16 Å². The van der Waals surface area contributed by atoms with E-state index >= 15 is 0 Å². The zero-order chi connectivity index (χ0) is 23.6. The largest absolute Gasteiger partial charge is 0.378 e. The maximum absolute atomic E-state index is 13.9. The van der Waals surface area contributed by atoms with Gasteiger partial charge in [0.05, 0.1) is 13.2 Å². The van der Waals surface area contributed by atoms with E-state index in [-0.39, 0.29) is 46.8 Å². The number of hydrogen-bond donors (Lipinski definition) is 0. The second-order valence-corrected chi connectivity index (χ2v) is 9.95. The molecule has 178 valence electrons. The molecule has 1 amide bonds. The van der Waals surface area contributed by atoms with Gasteiger partial charge < -0.3 is 14.2 Å². The average molecular weight is 482 g/mol. The Morgan fingerprint density at radius 1 is 1.12 bits per heavy atom. The number of hydrogen-bond acceptors (Lipinski definition) is 6. The van der Waals surface area contributed by atoms with Crippen molar-refractivity contribution in [3.63, 3.8) is 0 Å². The number of halogens is 2. The minimum absolute atomic E-state index is 0.0391. The molecule has 0 aliphatic carbocycles. The van der Waals surface area contributed by atoms with Crippen molar-refractivity contribution in [3.05, 3.63) is 46.9 Å². The minimum Gasteiger partial charge on any atom is -0.378 e. The topological polar surface area (TPSA) is 93.0 Å². The fourth-order valence-electron chi connectivity index (χ4n) is 4.12. The van der Waals surface area contributed by atoms with Crippen LogP contribution in [0.5, 0.6) is 0 Å². The molecule has 0 bridgehead atoms. The van der Waals surface area contributed by atoms with Crippen LogP contribution in [-0.4, -0.2) is 68.1 Å². The molecule has 1 aromatic heterocycles. The van der Waals surface area contributed by atoms with E-state index in [4.69, 9.17) is 9.26 Å². The van der Waals surface area contributed by atoms with E-state index in [1.807, 2.05) is 0 Å². The predicted octanol–water partition coefficient (Wildman–Crippen LogP) is 2.69. The summed E-state index contributed by atoms with van der Waals surface area (Å²) in [6, 6.07) is 3.09. The molecule has 0 saturated carbocycles. The number of piperidine rings is 1. The second-order valence-electron chi connectivity index (χ2n) is 8.08. The zero-order valence-electron chi connectivity index (χ0n) is 18.2. The van der Waals surface area contributed by atoms with E-state index < -0.39 is 21.7 Å². The molecule has 0 spiro atoms. The first-order valence-corrected chi connectivity index (χ1v) is 12.2. The molecule has 0 radical (unpaired) electrons. The van der Waals surface area contributed by atoms with Crippen molar-refractivity contribution in [2.45, 2.75) is 24.7 Å². The zero-order valence-corrected chi connectivity index (χ0v) is 19.0. The van der Waals surface area contributed by atoms with E-state index in [2.05, 4.69) is 5.16 Å². The number of amides is 1. The number of rotatable bonds is 5. The van der Waals surface area contributed by atoms with Gasteiger partial charge in [0.25, 0.3) is 0 Å². The second kappa shape index (κ2) is 9.70. The summed E-state index contributed by atoms with van der Waals surface area (Å²) in [4.78, 5) is 14.4. The van der Waals surface area contributed by atoms with Gasteiger partial charge in [-0.25, -0.2) is 17.2 Å². The van der Waals surface area contributed by atoms with Gasteiger partial charge in [-0.2, -0.15) is 4.31 Å². The Morgan fingerprint density at radius 2 is 1.82 bits per heavy atom. The SMILES string of the molecule is Cc1noc(C=Cc2ccc(F)cc2F)c1S(=O)(=O)N1CCC(C(=O)N2CCOCC2)CC1. The summed E-state index contributed by atoms with van der Waals surface area (Å²) >= 11 is 0. The Kier molecular flexibility index (Phi) is 6.91. The Balaban J connectivity index is 1.48. The summed E-state index contributed by atoms with van der Waals surface area (Å²) in [5.41, 5.74) is 0.261. The van der Waals surface area contributed by atoms with E-state index in [0.29, 0.717) is 39.1 Å². The van der Waals surface area contributed by atoms with Crippen LogP contribution in [0.25, 0.3) is 12.2 Å². The number of benzene rings is 1. The Morgan fingerprint density at radius 3 is 2.48 bits per heavy atom. The van der Waals surface area contributed by atoms with Crippen LogP contribution in [0.2, 0.25) is 0 Å². The number of carbonyl (C=O) groups excluding carboxylic acids is 1.